The summed E-state index contributed by atoms with van der Waals surface area (Å²) in [7, 11) is 0. The number of carbonyl (C=O) groups is 3. The molecule has 4 rings (SSSR count). The lowest BCUT2D eigenvalue weighted by molar-refractivity contribution is -0.121. The largest absolute Gasteiger partial charge is 0.353 e. The van der Waals surface area contributed by atoms with E-state index in [0.29, 0.717) is 10.8 Å². The van der Waals surface area contributed by atoms with Gasteiger partial charge in [-0.3, -0.25) is 29.8 Å². The minimum Gasteiger partial charge on any atom is -0.353 e. The number of hydrogen-bond acceptors (Lipinski definition) is 5. The number of rotatable bonds is 0. The van der Waals surface area contributed by atoms with E-state index in [9.17, 15) is 24.0 Å². The van der Waals surface area contributed by atoms with Gasteiger partial charge in [-0.2, -0.15) is 0 Å². The summed E-state index contributed by atoms with van der Waals surface area (Å²) in [6.07, 6.45) is 0. The Bertz CT molecular complexity index is 1430. The highest BCUT2D eigenvalue weighted by atomic mass is 16.2. The molecule has 1 saturated heterocycles. The fourth-order valence-electron chi connectivity index (χ4n) is 3.03. The lowest BCUT2D eigenvalue weighted by Gasteiger charge is -2.13. The lowest BCUT2D eigenvalue weighted by Crippen LogP contribution is -2.52. The Morgan fingerprint density at radius 1 is 0.704 bits per heavy atom. The standard InChI is InChI=1S/C17H11N5O5/c1-6-18-13(23)9(14(24)19-6)11-7-4-2-3-5-8(7)12(20-11)10-15(25)21-17(27)22-16(10)26/h2-5,20H,1H2,(H,18,23)(H,19,24)(H2,21,22,25,26,27). The smallest absolute Gasteiger partial charge is 0.328 e. The molecule has 0 radical (unpaired) electrons. The van der Waals surface area contributed by atoms with E-state index in [1.165, 1.54) is 0 Å². The van der Waals surface area contributed by atoms with Crippen LogP contribution in [0, 0.1) is 10.6 Å². The zero-order valence-electron chi connectivity index (χ0n) is 13.6. The van der Waals surface area contributed by atoms with Crippen molar-refractivity contribution in [2.45, 2.75) is 0 Å². The van der Waals surface area contributed by atoms with Gasteiger partial charge in [-0.15, -0.1) is 0 Å². The van der Waals surface area contributed by atoms with E-state index in [4.69, 9.17) is 0 Å². The van der Waals surface area contributed by atoms with Crippen LogP contribution >= 0.6 is 0 Å². The number of aromatic nitrogens is 3. The second-order valence-electron chi connectivity index (χ2n) is 5.79. The molecule has 10 nitrogen and oxygen atoms in total. The number of barbiturate groups is 1. The number of fused-ring (bicyclic) bond motifs is 1. The maximum Gasteiger partial charge on any atom is 0.328 e. The summed E-state index contributed by atoms with van der Waals surface area (Å²) in [5, 5.41) is 4.85. The maximum absolute atomic E-state index is 12.3. The highest BCUT2D eigenvalue weighted by Crippen LogP contribution is 2.12. The van der Waals surface area contributed by atoms with Crippen LogP contribution in [0.1, 0.15) is 0 Å². The van der Waals surface area contributed by atoms with Gasteiger partial charge in [-0.25, -0.2) is 4.79 Å². The monoisotopic (exact) mass is 365 g/mol. The van der Waals surface area contributed by atoms with Crippen molar-refractivity contribution in [3.8, 4) is 0 Å². The molecular formula is C17H11N5O5. The fourth-order valence-corrected chi connectivity index (χ4v) is 3.03. The van der Waals surface area contributed by atoms with Crippen LogP contribution in [0.5, 0.6) is 0 Å². The van der Waals surface area contributed by atoms with E-state index in [2.05, 4.69) is 21.5 Å². The number of H-pyrrole nitrogens is 3. The maximum atomic E-state index is 12.3. The van der Waals surface area contributed by atoms with E-state index >= 15 is 0 Å². The molecule has 2 aromatic heterocycles. The molecular weight excluding hydrogens is 354 g/mol. The summed E-state index contributed by atoms with van der Waals surface area (Å²) in [5.41, 5.74) is -1.65. The van der Waals surface area contributed by atoms with Crippen LogP contribution in [-0.2, 0) is 9.59 Å². The van der Waals surface area contributed by atoms with Crippen LogP contribution in [0.25, 0.3) is 22.9 Å². The number of urea groups is 1. The van der Waals surface area contributed by atoms with Crippen molar-refractivity contribution >= 4 is 40.8 Å². The Balaban J connectivity index is 2.32. The van der Waals surface area contributed by atoms with Crippen LogP contribution in [0.2, 0.25) is 0 Å². The first-order valence-corrected chi connectivity index (χ1v) is 7.70. The molecule has 0 saturated carbocycles. The van der Waals surface area contributed by atoms with Gasteiger partial charge in [-0.1, -0.05) is 30.8 Å². The minimum atomic E-state index is -0.927. The third kappa shape index (κ3) is 2.47. The second-order valence-corrected chi connectivity index (χ2v) is 5.79. The topological polar surface area (TPSA) is 157 Å². The zero-order chi connectivity index (χ0) is 19.3. The summed E-state index contributed by atoms with van der Waals surface area (Å²) in [5.74, 6) is -1.78. The highest BCUT2D eigenvalue weighted by Gasteiger charge is 2.29. The van der Waals surface area contributed by atoms with Crippen molar-refractivity contribution in [2.24, 2.45) is 0 Å². The van der Waals surface area contributed by atoms with Gasteiger partial charge < -0.3 is 15.0 Å². The van der Waals surface area contributed by atoms with E-state index in [1.807, 2.05) is 10.6 Å². The molecule has 134 valence electrons. The van der Waals surface area contributed by atoms with Crippen molar-refractivity contribution in [3.05, 3.63) is 66.4 Å². The molecule has 5 N–H and O–H groups in total. The van der Waals surface area contributed by atoms with Gasteiger partial charge >= 0.3 is 6.03 Å². The van der Waals surface area contributed by atoms with E-state index < -0.39 is 29.0 Å². The number of benzene rings is 1. The van der Waals surface area contributed by atoms with Crippen LogP contribution < -0.4 is 32.6 Å². The first-order chi connectivity index (χ1) is 12.9. The lowest BCUT2D eigenvalue weighted by atomic mass is 10.1. The van der Waals surface area contributed by atoms with Crippen LogP contribution in [0.15, 0.2) is 33.9 Å². The Hall–Kier alpha value is -4.21. The molecule has 4 amide bonds. The molecule has 0 aliphatic carbocycles. The first-order valence-electron chi connectivity index (χ1n) is 7.70. The van der Waals surface area contributed by atoms with Gasteiger partial charge in [0.15, 0.2) is 0 Å². The van der Waals surface area contributed by atoms with E-state index in [0.717, 1.165) is 0 Å². The van der Waals surface area contributed by atoms with Gasteiger partial charge in [0.1, 0.15) is 16.3 Å². The molecule has 0 spiro atoms. The van der Waals surface area contributed by atoms with Gasteiger partial charge in [0.25, 0.3) is 22.9 Å². The fraction of sp³-hybridized carbons (Fsp3) is 0. The molecule has 1 aliphatic heterocycles. The average molecular weight is 365 g/mol. The summed E-state index contributed by atoms with van der Waals surface area (Å²) in [6, 6.07) is 5.67. The quantitative estimate of drug-likeness (QED) is 0.304. The zero-order valence-corrected chi connectivity index (χ0v) is 13.6. The Morgan fingerprint density at radius 3 is 1.78 bits per heavy atom. The van der Waals surface area contributed by atoms with Crippen LogP contribution in [-0.4, -0.2) is 32.8 Å². The molecule has 1 aliphatic rings. The third-order valence-electron chi connectivity index (χ3n) is 4.11. The highest BCUT2D eigenvalue weighted by molar-refractivity contribution is 6.46. The van der Waals surface area contributed by atoms with Crippen molar-refractivity contribution < 1.29 is 14.4 Å². The number of hydrogen-bond donors (Lipinski definition) is 5. The Morgan fingerprint density at radius 2 is 1.22 bits per heavy atom. The molecule has 10 heteroatoms. The molecule has 0 unspecified atom stereocenters. The van der Waals surface area contributed by atoms with E-state index in [1.54, 1.807) is 24.3 Å². The SMILES string of the molecule is C=c1[nH]c(=O)c(=c2[nH]c(=C3C(=O)NC(=O)NC3=O)c3ccccc23)c(=O)[nH]1. The third-order valence-corrected chi connectivity index (χ3v) is 4.11. The van der Waals surface area contributed by atoms with Gasteiger partial charge in [0.05, 0.1) is 10.7 Å². The normalized spacial score (nSPS) is 14.4. The Labute approximate surface area is 147 Å². The molecule has 1 aromatic carbocycles. The van der Waals surface area contributed by atoms with Gasteiger partial charge in [0, 0.05) is 10.8 Å². The molecule has 27 heavy (non-hydrogen) atoms. The van der Waals surface area contributed by atoms with Crippen LogP contribution in [0.3, 0.4) is 0 Å². The molecule has 1 fully saturated rings. The van der Waals surface area contributed by atoms with Crippen molar-refractivity contribution in [1.82, 2.24) is 25.6 Å². The number of nitrogens with one attached hydrogen (secondary N) is 5. The minimum absolute atomic E-state index is 0.0451. The van der Waals surface area contributed by atoms with Crippen molar-refractivity contribution in [1.29, 1.82) is 0 Å². The average Bonchev–Trinajstić information content (AvgIpc) is 2.93. The predicted molar refractivity (Wildman–Crippen MR) is 93.5 cm³/mol. The molecule has 3 aromatic rings. The Kier molecular flexibility index (Phi) is 3.41. The van der Waals surface area contributed by atoms with Gasteiger partial charge in [0.2, 0.25) is 0 Å². The summed E-state index contributed by atoms with van der Waals surface area (Å²) in [4.78, 5) is 67.9. The van der Waals surface area contributed by atoms with Crippen LogP contribution in [0.4, 0.5) is 4.79 Å². The first kappa shape index (κ1) is 16.3. The molecule has 0 atom stereocenters. The number of amides is 4. The summed E-state index contributed by atoms with van der Waals surface area (Å²) >= 11 is 0. The second kappa shape index (κ2) is 5.66. The number of carbonyl (C=O) groups excluding carboxylic acids is 3. The van der Waals surface area contributed by atoms with Crippen molar-refractivity contribution in [3.63, 3.8) is 0 Å². The summed E-state index contributed by atoms with van der Waals surface area (Å²) in [6.45, 7) is 3.48. The predicted octanol–water partition coefficient (Wildman–Crippen LogP) is -2.24. The van der Waals surface area contributed by atoms with Crippen molar-refractivity contribution in [2.75, 3.05) is 0 Å². The number of imide groups is 2. The number of aromatic amines is 3. The molecule has 3 heterocycles. The molecule has 0 bridgehead atoms. The van der Waals surface area contributed by atoms with E-state index in [-0.39, 0.29) is 27.0 Å². The summed E-state index contributed by atoms with van der Waals surface area (Å²) < 4.78 is 0. The van der Waals surface area contributed by atoms with Gasteiger partial charge in [-0.05, 0) is 0 Å².